The fourth-order valence-corrected chi connectivity index (χ4v) is 1.01. The van der Waals surface area contributed by atoms with Crippen molar-refractivity contribution in [1.29, 1.82) is 5.26 Å². The van der Waals surface area contributed by atoms with Gasteiger partial charge in [-0.1, -0.05) is 23.7 Å². The van der Waals surface area contributed by atoms with Crippen LogP contribution in [-0.4, -0.2) is 0 Å². The molecule has 0 aliphatic carbocycles. The molecule has 3 heteroatoms. The first-order chi connectivity index (χ1) is 5.74. The molecular formula is C9H7ClN2. The lowest BCUT2D eigenvalue weighted by atomic mass is 10.1. The Morgan fingerprint density at radius 1 is 1.58 bits per heavy atom. The Hall–Kier alpha value is -1.46. The molecule has 0 aromatic heterocycles. The summed E-state index contributed by atoms with van der Waals surface area (Å²) in [6.45, 7) is 0. The van der Waals surface area contributed by atoms with Gasteiger partial charge in [0, 0.05) is 16.8 Å². The predicted octanol–water partition coefficient (Wildman–Crippen LogP) is 2.16. The van der Waals surface area contributed by atoms with Crippen LogP contribution in [0.25, 0.3) is 5.70 Å². The summed E-state index contributed by atoms with van der Waals surface area (Å²) in [6.07, 6.45) is 1.28. The van der Waals surface area contributed by atoms with Crippen LogP contribution in [0.4, 0.5) is 0 Å². The highest BCUT2D eigenvalue weighted by molar-refractivity contribution is 6.30. The largest absolute Gasteiger partial charge is 0.398 e. The minimum atomic E-state index is 0.431. The summed E-state index contributed by atoms with van der Waals surface area (Å²) in [5.74, 6) is 0. The van der Waals surface area contributed by atoms with Crippen LogP contribution in [-0.2, 0) is 0 Å². The summed E-state index contributed by atoms with van der Waals surface area (Å²) in [5.41, 5.74) is 6.75. The van der Waals surface area contributed by atoms with Crippen LogP contribution in [0, 0.1) is 11.3 Å². The number of benzene rings is 1. The second-order valence-electron chi connectivity index (χ2n) is 2.24. The fraction of sp³-hybridized carbons (Fsp3) is 0. The lowest BCUT2D eigenvalue weighted by Crippen LogP contribution is -1.94. The lowest BCUT2D eigenvalue weighted by molar-refractivity contribution is 1.49. The number of hydrogen-bond acceptors (Lipinski definition) is 2. The van der Waals surface area contributed by atoms with Crippen LogP contribution >= 0.6 is 11.6 Å². The molecule has 0 unspecified atom stereocenters. The van der Waals surface area contributed by atoms with Crippen molar-refractivity contribution in [2.24, 2.45) is 5.73 Å². The predicted molar refractivity (Wildman–Crippen MR) is 49.2 cm³/mol. The molecule has 0 amide bonds. The van der Waals surface area contributed by atoms with Crippen LogP contribution in [0.1, 0.15) is 5.56 Å². The molecule has 0 fully saturated rings. The van der Waals surface area contributed by atoms with E-state index in [4.69, 9.17) is 22.6 Å². The van der Waals surface area contributed by atoms with Gasteiger partial charge in [-0.15, -0.1) is 0 Å². The summed E-state index contributed by atoms with van der Waals surface area (Å²) in [4.78, 5) is 0. The second-order valence-corrected chi connectivity index (χ2v) is 2.68. The van der Waals surface area contributed by atoms with Gasteiger partial charge in [0.05, 0.1) is 6.07 Å². The van der Waals surface area contributed by atoms with E-state index in [9.17, 15) is 0 Å². The van der Waals surface area contributed by atoms with Gasteiger partial charge in [0.1, 0.15) is 0 Å². The SMILES string of the molecule is N#C/C=C(/N)c1cccc(Cl)c1. The molecule has 0 aliphatic heterocycles. The zero-order chi connectivity index (χ0) is 8.97. The number of allylic oxidation sites excluding steroid dienone is 1. The number of nitrogens with two attached hydrogens (primary N) is 1. The van der Waals surface area contributed by atoms with Crippen LogP contribution in [0.3, 0.4) is 0 Å². The number of nitrogens with zero attached hydrogens (tertiary/aromatic N) is 1. The smallest absolute Gasteiger partial charge is 0.0933 e. The van der Waals surface area contributed by atoms with Crippen molar-refractivity contribution in [3.8, 4) is 6.07 Å². The Morgan fingerprint density at radius 2 is 2.33 bits per heavy atom. The first-order valence-electron chi connectivity index (χ1n) is 3.35. The quantitative estimate of drug-likeness (QED) is 0.670. The van der Waals surface area contributed by atoms with E-state index in [0.717, 1.165) is 5.56 Å². The number of hydrogen-bond donors (Lipinski definition) is 1. The van der Waals surface area contributed by atoms with E-state index in [1.807, 2.05) is 6.07 Å². The van der Waals surface area contributed by atoms with E-state index in [2.05, 4.69) is 0 Å². The van der Waals surface area contributed by atoms with Gasteiger partial charge < -0.3 is 5.73 Å². The molecule has 0 bridgehead atoms. The molecule has 0 saturated carbocycles. The van der Waals surface area contributed by atoms with Crippen LogP contribution < -0.4 is 5.73 Å². The third-order valence-corrected chi connectivity index (χ3v) is 1.61. The Kier molecular flexibility index (Phi) is 2.73. The highest BCUT2D eigenvalue weighted by Crippen LogP contribution is 2.14. The van der Waals surface area contributed by atoms with Crippen LogP contribution in [0.2, 0.25) is 5.02 Å². The normalized spacial score (nSPS) is 10.8. The van der Waals surface area contributed by atoms with E-state index in [1.54, 1.807) is 24.3 Å². The van der Waals surface area contributed by atoms with E-state index in [1.165, 1.54) is 6.08 Å². The minimum absolute atomic E-state index is 0.431. The molecule has 0 spiro atoms. The Morgan fingerprint density at radius 3 is 2.92 bits per heavy atom. The molecule has 0 aliphatic rings. The molecule has 1 rings (SSSR count). The zero-order valence-electron chi connectivity index (χ0n) is 6.29. The van der Waals surface area contributed by atoms with Gasteiger partial charge in [-0.3, -0.25) is 0 Å². The lowest BCUT2D eigenvalue weighted by Gasteiger charge is -1.98. The van der Waals surface area contributed by atoms with Gasteiger partial charge in [-0.2, -0.15) is 5.26 Å². The maximum absolute atomic E-state index is 8.33. The molecule has 12 heavy (non-hydrogen) atoms. The molecule has 0 heterocycles. The number of rotatable bonds is 1. The van der Waals surface area contributed by atoms with Gasteiger partial charge in [-0.05, 0) is 17.7 Å². The first-order valence-corrected chi connectivity index (χ1v) is 3.73. The van der Waals surface area contributed by atoms with Gasteiger partial charge in [0.25, 0.3) is 0 Å². The minimum Gasteiger partial charge on any atom is -0.398 e. The average molecular weight is 179 g/mol. The van der Waals surface area contributed by atoms with Crippen molar-refractivity contribution in [1.82, 2.24) is 0 Å². The Labute approximate surface area is 75.9 Å². The van der Waals surface area contributed by atoms with Gasteiger partial charge in [-0.25, -0.2) is 0 Å². The maximum Gasteiger partial charge on any atom is 0.0933 e. The third-order valence-electron chi connectivity index (χ3n) is 1.38. The Bertz CT molecular complexity index is 350. The van der Waals surface area contributed by atoms with Crippen molar-refractivity contribution >= 4 is 17.3 Å². The van der Waals surface area contributed by atoms with Crippen molar-refractivity contribution in [2.75, 3.05) is 0 Å². The maximum atomic E-state index is 8.33. The van der Waals surface area contributed by atoms with E-state index in [0.29, 0.717) is 10.7 Å². The Balaban J connectivity index is 3.05. The van der Waals surface area contributed by atoms with Crippen molar-refractivity contribution in [2.45, 2.75) is 0 Å². The van der Waals surface area contributed by atoms with Gasteiger partial charge in [0.15, 0.2) is 0 Å². The highest BCUT2D eigenvalue weighted by Gasteiger charge is 1.95. The first kappa shape index (κ1) is 8.63. The summed E-state index contributed by atoms with van der Waals surface area (Å²) in [6, 6.07) is 8.91. The van der Waals surface area contributed by atoms with Crippen LogP contribution in [0.5, 0.6) is 0 Å². The van der Waals surface area contributed by atoms with Gasteiger partial charge >= 0.3 is 0 Å². The molecule has 0 atom stereocenters. The van der Waals surface area contributed by atoms with Gasteiger partial charge in [0.2, 0.25) is 0 Å². The number of halogens is 1. The topological polar surface area (TPSA) is 49.8 Å². The highest BCUT2D eigenvalue weighted by atomic mass is 35.5. The molecule has 0 saturated heterocycles. The molecule has 2 nitrogen and oxygen atoms in total. The molecule has 1 aromatic carbocycles. The molecule has 60 valence electrons. The van der Waals surface area contributed by atoms with Crippen molar-refractivity contribution in [3.05, 3.63) is 40.9 Å². The van der Waals surface area contributed by atoms with E-state index in [-0.39, 0.29) is 0 Å². The molecular weight excluding hydrogens is 172 g/mol. The standard InChI is InChI=1S/C9H7ClN2/c10-8-3-1-2-7(6-8)9(12)4-5-11/h1-4,6H,12H2/b9-4+. The average Bonchev–Trinajstić information content (AvgIpc) is 2.05. The van der Waals surface area contributed by atoms with Crippen molar-refractivity contribution in [3.63, 3.8) is 0 Å². The second kappa shape index (κ2) is 3.80. The van der Waals surface area contributed by atoms with E-state index >= 15 is 0 Å². The monoisotopic (exact) mass is 178 g/mol. The molecule has 1 aromatic rings. The summed E-state index contributed by atoms with van der Waals surface area (Å²) < 4.78 is 0. The van der Waals surface area contributed by atoms with Crippen molar-refractivity contribution < 1.29 is 0 Å². The zero-order valence-corrected chi connectivity index (χ0v) is 7.05. The summed E-state index contributed by atoms with van der Waals surface area (Å²) in [7, 11) is 0. The molecule has 0 radical (unpaired) electrons. The number of nitriles is 1. The van der Waals surface area contributed by atoms with Crippen LogP contribution in [0.15, 0.2) is 30.3 Å². The third kappa shape index (κ3) is 2.01. The van der Waals surface area contributed by atoms with E-state index < -0.39 is 0 Å². The fourth-order valence-electron chi connectivity index (χ4n) is 0.821. The summed E-state index contributed by atoms with van der Waals surface area (Å²) >= 11 is 5.72. The summed E-state index contributed by atoms with van der Waals surface area (Å²) in [5, 5.41) is 8.94. The molecule has 2 N–H and O–H groups in total.